The van der Waals surface area contributed by atoms with Crippen LogP contribution >= 0.6 is 23.2 Å². The maximum absolute atomic E-state index is 14.6. The fraction of sp³-hybridized carbons (Fsp3) is 0.278. The van der Waals surface area contributed by atoms with Gasteiger partial charge in [-0.3, -0.25) is 19.6 Å². The third-order valence-electron chi connectivity index (χ3n) is 8.06. The number of aliphatic imine (C=N–C) groups is 1. The van der Waals surface area contributed by atoms with Crippen molar-refractivity contribution in [1.82, 2.24) is 9.80 Å². The van der Waals surface area contributed by atoms with Gasteiger partial charge in [0.05, 0.1) is 23.8 Å². The summed E-state index contributed by atoms with van der Waals surface area (Å²) in [6, 6.07) is 23.3. The van der Waals surface area contributed by atoms with E-state index in [4.69, 9.17) is 32.9 Å². The monoisotopic (exact) mass is 667 g/mol. The van der Waals surface area contributed by atoms with Gasteiger partial charge >= 0.3 is 6.18 Å². The Morgan fingerprint density at radius 3 is 1.98 bits per heavy atom. The topological polar surface area (TPSA) is 45.1 Å². The Bertz CT molecular complexity index is 1690. The minimum Gasteiger partial charge on any atom is -0.493 e. The molecule has 0 saturated carbocycles. The minimum atomic E-state index is -4.63. The fourth-order valence-corrected chi connectivity index (χ4v) is 5.88. The Labute approximate surface area is 277 Å². The van der Waals surface area contributed by atoms with Crippen molar-refractivity contribution in [3.63, 3.8) is 0 Å². The van der Waals surface area contributed by atoms with Gasteiger partial charge in [-0.15, -0.1) is 0 Å². The van der Waals surface area contributed by atoms with Crippen LogP contribution in [0, 0.1) is 0 Å². The molecule has 0 spiro atoms. The summed E-state index contributed by atoms with van der Waals surface area (Å²) in [5, 5.41) is 1.02. The number of carbonyl (C=O) groups is 1. The van der Waals surface area contributed by atoms with E-state index in [0.717, 1.165) is 42.9 Å². The summed E-state index contributed by atoms with van der Waals surface area (Å²) in [6.45, 7) is 8.63. The lowest BCUT2D eigenvalue weighted by atomic mass is 9.93. The van der Waals surface area contributed by atoms with Gasteiger partial charge in [0.1, 0.15) is 17.6 Å². The highest BCUT2D eigenvalue weighted by molar-refractivity contribution is 6.30. The van der Waals surface area contributed by atoms with Crippen LogP contribution in [0.3, 0.4) is 0 Å². The highest BCUT2D eigenvalue weighted by atomic mass is 35.5. The van der Waals surface area contributed by atoms with Crippen molar-refractivity contribution < 1.29 is 22.7 Å². The fourth-order valence-electron chi connectivity index (χ4n) is 5.63. The quantitative estimate of drug-likeness (QED) is 0.169. The lowest BCUT2D eigenvalue weighted by Crippen LogP contribution is -2.38. The third-order valence-corrected chi connectivity index (χ3v) is 8.56. The first-order chi connectivity index (χ1) is 22.0. The second kappa shape index (κ2) is 14.3. The van der Waals surface area contributed by atoms with Gasteiger partial charge in [0.2, 0.25) is 0 Å². The highest BCUT2D eigenvalue weighted by Gasteiger charge is 2.44. The molecule has 1 amide bonds. The van der Waals surface area contributed by atoms with E-state index in [-0.39, 0.29) is 23.8 Å². The van der Waals surface area contributed by atoms with E-state index in [1.165, 1.54) is 11.0 Å². The molecule has 1 aliphatic rings. The van der Waals surface area contributed by atoms with Gasteiger partial charge in [0.15, 0.2) is 0 Å². The average Bonchev–Trinajstić information content (AvgIpc) is 3.44. The number of hydrogen-bond donors (Lipinski definition) is 0. The molecule has 0 aromatic heterocycles. The van der Waals surface area contributed by atoms with Gasteiger partial charge in [0, 0.05) is 22.2 Å². The maximum atomic E-state index is 14.6. The van der Waals surface area contributed by atoms with Crippen molar-refractivity contribution in [3.8, 4) is 5.75 Å². The molecule has 0 radical (unpaired) electrons. The van der Waals surface area contributed by atoms with Crippen molar-refractivity contribution >= 4 is 34.9 Å². The average molecular weight is 669 g/mol. The van der Waals surface area contributed by atoms with Crippen LogP contribution < -0.4 is 4.74 Å². The van der Waals surface area contributed by atoms with Gasteiger partial charge < -0.3 is 4.74 Å². The smallest absolute Gasteiger partial charge is 0.416 e. The summed E-state index contributed by atoms with van der Waals surface area (Å²) in [5.74, 6) is -0.149. The van der Waals surface area contributed by atoms with Crippen LogP contribution in [0.5, 0.6) is 5.75 Å². The van der Waals surface area contributed by atoms with Gasteiger partial charge in [-0.25, -0.2) is 0 Å². The first-order valence-electron chi connectivity index (χ1n) is 15.1. The van der Waals surface area contributed by atoms with Crippen LogP contribution in [0.2, 0.25) is 10.0 Å². The van der Waals surface area contributed by atoms with Crippen molar-refractivity contribution in [2.24, 2.45) is 4.99 Å². The van der Waals surface area contributed by atoms with Crippen LogP contribution in [-0.4, -0.2) is 41.2 Å². The van der Waals surface area contributed by atoms with E-state index >= 15 is 0 Å². The second-order valence-corrected chi connectivity index (χ2v) is 11.8. The molecule has 240 valence electrons. The Morgan fingerprint density at radius 2 is 1.43 bits per heavy atom. The predicted octanol–water partition coefficient (Wildman–Crippen LogP) is 9.64. The van der Waals surface area contributed by atoms with E-state index in [1.54, 1.807) is 55.5 Å². The zero-order chi connectivity index (χ0) is 33.0. The summed E-state index contributed by atoms with van der Waals surface area (Å²) in [4.78, 5) is 23.4. The highest BCUT2D eigenvalue weighted by Crippen LogP contribution is 2.46. The Balaban J connectivity index is 1.70. The normalized spacial score (nSPS) is 16.5. The van der Waals surface area contributed by atoms with E-state index in [0.29, 0.717) is 21.2 Å². The zero-order valence-electron chi connectivity index (χ0n) is 25.7. The van der Waals surface area contributed by atoms with Crippen LogP contribution in [0.4, 0.5) is 13.2 Å². The molecule has 0 aliphatic carbocycles. The molecule has 4 aromatic rings. The van der Waals surface area contributed by atoms with Crippen LogP contribution in [0.15, 0.2) is 96.0 Å². The van der Waals surface area contributed by atoms with Crippen molar-refractivity contribution in [3.05, 3.63) is 134 Å². The second-order valence-electron chi connectivity index (χ2n) is 10.9. The van der Waals surface area contributed by atoms with E-state index in [1.807, 2.05) is 24.3 Å². The SMILES string of the molecule is CCOc1ccc(C(F)(F)F)cc1C1=NC(c2ccc(Cl)cc2)C(c2ccc(Cl)cc2)N1C(=O)c1ccc(CN(CC)CC)cc1. The molecule has 0 N–H and O–H groups in total. The molecular formula is C36H34Cl2F3N3O2. The molecule has 0 bridgehead atoms. The van der Waals surface area contributed by atoms with E-state index < -0.39 is 29.7 Å². The van der Waals surface area contributed by atoms with Gasteiger partial charge in [-0.05, 0) is 91.3 Å². The van der Waals surface area contributed by atoms with Crippen LogP contribution in [0.25, 0.3) is 0 Å². The molecule has 10 heteroatoms. The number of halogens is 5. The van der Waals surface area contributed by atoms with Crippen LogP contribution in [0.1, 0.15) is 71.0 Å². The number of alkyl halides is 3. The first-order valence-corrected chi connectivity index (χ1v) is 15.9. The molecule has 4 aromatic carbocycles. The number of hydrogen-bond acceptors (Lipinski definition) is 4. The summed E-state index contributed by atoms with van der Waals surface area (Å²) in [6.07, 6.45) is -4.63. The largest absolute Gasteiger partial charge is 0.493 e. The lowest BCUT2D eigenvalue weighted by molar-refractivity contribution is -0.137. The Kier molecular flexibility index (Phi) is 10.4. The number of ether oxygens (including phenoxy) is 1. The molecule has 46 heavy (non-hydrogen) atoms. The summed E-state index contributed by atoms with van der Waals surface area (Å²) >= 11 is 12.5. The maximum Gasteiger partial charge on any atom is 0.416 e. The first kappa shape index (κ1) is 33.5. The Morgan fingerprint density at radius 1 is 0.848 bits per heavy atom. The van der Waals surface area contributed by atoms with Crippen molar-refractivity contribution in [2.75, 3.05) is 19.7 Å². The molecule has 1 heterocycles. The zero-order valence-corrected chi connectivity index (χ0v) is 27.2. The van der Waals surface area contributed by atoms with Crippen molar-refractivity contribution in [2.45, 2.75) is 45.6 Å². The molecule has 5 nitrogen and oxygen atoms in total. The predicted molar refractivity (Wildman–Crippen MR) is 177 cm³/mol. The van der Waals surface area contributed by atoms with Gasteiger partial charge in [0.25, 0.3) is 5.91 Å². The summed E-state index contributed by atoms with van der Waals surface area (Å²) < 4.78 is 47.9. The van der Waals surface area contributed by atoms with Crippen molar-refractivity contribution in [1.29, 1.82) is 0 Å². The third kappa shape index (κ3) is 7.25. The molecule has 2 unspecified atom stereocenters. The van der Waals surface area contributed by atoms with Gasteiger partial charge in [-0.2, -0.15) is 13.2 Å². The van der Waals surface area contributed by atoms with Crippen LogP contribution in [-0.2, 0) is 12.7 Å². The molecule has 0 saturated heterocycles. The summed E-state index contributed by atoms with van der Waals surface area (Å²) in [5.41, 5.74) is 2.05. The summed E-state index contributed by atoms with van der Waals surface area (Å²) in [7, 11) is 0. The number of carbonyl (C=O) groups excluding carboxylic acids is 1. The van der Waals surface area contributed by atoms with E-state index in [2.05, 4.69) is 18.7 Å². The lowest BCUT2D eigenvalue weighted by Gasteiger charge is -2.30. The molecule has 0 fully saturated rings. The standard InChI is InChI=1S/C36H34Cl2F3N3O2/c1-4-43(5-2)22-23-7-9-26(10-8-23)35(45)44-33(25-13-18-29(38)19-14-25)32(24-11-16-28(37)17-12-24)42-34(44)30-21-27(36(39,40)41)15-20-31(30)46-6-3/h7-21,32-33H,4-6,22H2,1-3H3. The number of rotatable bonds is 10. The minimum absolute atomic E-state index is 0.0682. The number of benzene rings is 4. The molecule has 1 aliphatic heterocycles. The number of amides is 1. The molecule has 5 rings (SSSR count). The van der Waals surface area contributed by atoms with E-state index in [9.17, 15) is 18.0 Å². The number of amidine groups is 1. The molecular weight excluding hydrogens is 634 g/mol. The van der Waals surface area contributed by atoms with Gasteiger partial charge in [-0.1, -0.05) is 73.4 Å². The molecule has 2 atom stereocenters. The number of nitrogens with zero attached hydrogens (tertiary/aromatic N) is 3. The Hall–Kier alpha value is -3.85.